The quantitative estimate of drug-likeness (QED) is 0.755. The molecule has 2 fully saturated rings. The number of hydrogen-bond donors (Lipinski definition) is 0. The Balaban J connectivity index is 1.57. The zero-order valence-electron chi connectivity index (χ0n) is 15.5. The predicted octanol–water partition coefficient (Wildman–Crippen LogP) is 4.33. The topological polar surface area (TPSA) is 38.8 Å². The van der Waals surface area contributed by atoms with E-state index in [9.17, 15) is 4.79 Å². The molecule has 2 saturated heterocycles. The van der Waals surface area contributed by atoms with E-state index in [0.717, 1.165) is 11.1 Å². The molecule has 4 rings (SSSR count). The molecule has 0 saturated carbocycles. The van der Waals surface area contributed by atoms with Crippen LogP contribution >= 0.6 is 0 Å². The van der Waals surface area contributed by atoms with Crippen LogP contribution < -0.4 is 0 Å². The number of cyclic esters (lactones) is 1. The molecule has 2 aliphatic rings. The fraction of sp³-hybridized carbons (Fsp3) is 0.409. The van der Waals surface area contributed by atoms with E-state index in [0.29, 0.717) is 13.0 Å². The lowest BCUT2D eigenvalue weighted by atomic mass is 9.86. The van der Waals surface area contributed by atoms with Gasteiger partial charge in [0.2, 0.25) is 0 Å². The zero-order chi connectivity index (χ0) is 18.3. The summed E-state index contributed by atoms with van der Waals surface area (Å²) >= 11 is 0. The first-order valence-corrected chi connectivity index (χ1v) is 9.20. The van der Waals surface area contributed by atoms with Gasteiger partial charge in [0.05, 0.1) is 6.04 Å². The Hall–Kier alpha value is -2.17. The Morgan fingerprint density at radius 3 is 2.27 bits per heavy atom. The lowest BCUT2D eigenvalue weighted by Gasteiger charge is -2.34. The summed E-state index contributed by atoms with van der Waals surface area (Å²) in [7, 11) is 0. The molecule has 0 aromatic heterocycles. The Bertz CT molecular complexity index is 779. The van der Waals surface area contributed by atoms with E-state index in [2.05, 4.69) is 57.2 Å². The van der Waals surface area contributed by atoms with Crippen LogP contribution in [0.25, 0.3) is 0 Å². The van der Waals surface area contributed by atoms with E-state index in [1.807, 2.05) is 23.3 Å². The molecule has 136 valence electrons. The van der Waals surface area contributed by atoms with Crippen LogP contribution in [0.5, 0.6) is 0 Å². The molecule has 0 bridgehead atoms. The maximum Gasteiger partial charge on any atom is 0.325 e. The molecule has 2 aromatic carbocycles. The van der Waals surface area contributed by atoms with Gasteiger partial charge in [-0.25, -0.2) is 0 Å². The summed E-state index contributed by atoms with van der Waals surface area (Å²) in [4.78, 5) is 18.5. The van der Waals surface area contributed by atoms with E-state index in [1.165, 1.54) is 5.56 Å². The lowest BCUT2D eigenvalue weighted by Crippen LogP contribution is -2.46. The molecule has 4 heteroatoms. The fourth-order valence-electron chi connectivity index (χ4n) is 3.70. The lowest BCUT2D eigenvalue weighted by molar-refractivity contribution is -0.228. The molecule has 0 spiro atoms. The molecular formula is C22H25NO3. The van der Waals surface area contributed by atoms with E-state index < -0.39 is 0 Å². The van der Waals surface area contributed by atoms with Gasteiger partial charge in [-0.2, -0.15) is 5.06 Å². The molecule has 0 aliphatic carbocycles. The van der Waals surface area contributed by atoms with Crippen molar-refractivity contribution in [3.8, 4) is 0 Å². The number of esters is 1. The molecule has 0 amide bonds. The number of ether oxygens (including phenoxy) is 1. The van der Waals surface area contributed by atoms with E-state index in [1.54, 1.807) is 0 Å². The van der Waals surface area contributed by atoms with Crippen LogP contribution in [0.1, 0.15) is 56.0 Å². The van der Waals surface area contributed by atoms with Crippen molar-refractivity contribution in [1.29, 1.82) is 0 Å². The summed E-state index contributed by atoms with van der Waals surface area (Å²) in [5.41, 5.74) is 3.62. The molecule has 2 aromatic rings. The third-order valence-electron chi connectivity index (χ3n) is 5.29. The van der Waals surface area contributed by atoms with Crippen LogP contribution in [0.3, 0.4) is 0 Å². The van der Waals surface area contributed by atoms with Gasteiger partial charge >= 0.3 is 5.97 Å². The summed E-state index contributed by atoms with van der Waals surface area (Å²) in [6.45, 7) is 6.94. The molecule has 0 unspecified atom stereocenters. The number of carbonyl (C=O) groups excluding carboxylic acids is 1. The summed E-state index contributed by atoms with van der Waals surface area (Å²) in [5, 5.41) is 1.85. The zero-order valence-corrected chi connectivity index (χ0v) is 15.5. The maximum absolute atomic E-state index is 12.3. The summed E-state index contributed by atoms with van der Waals surface area (Å²) in [5.74, 6) is -0.189. The summed E-state index contributed by atoms with van der Waals surface area (Å²) in [6.07, 6.45) is 0.502. The first-order chi connectivity index (χ1) is 12.4. The van der Waals surface area contributed by atoms with Gasteiger partial charge < -0.3 is 4.74 Å². The summed E-state index contributed by atoms with van der Waals surface area (Å²) < 4.78 is 5.45. The number of fused-ring (bicyclic) bond motifs is 1. The molecular weight excluding hydrogens is 326 g/mol. The summed E-state index contributed by atoms with van der Waals surface area (Å²) in [6, 6.07) is 18.2. The van der Waals surface area contributed by atoms with Gasteiger partial charge in [-0.1, -0.05) is 75.4 Å². The molecule has 3 atom stereocenters. The maximum atomic E-state index is 12.3. The molecule has 2 heterocycles. The molecule has 4 nitrogen and oxygen atoms in total. The minimum Gasteiger partial charge on any atom is -0.462 e. The average molecular weight is 351 g/mol. The van der Waals surface area contributed by atoms with Crippen molar-refractivity contribution in [2.75, 3.05) is 6.61 Å². The third-order valence-corrected chi connectivity index (χ3v) is 5.29. The smallest absolute Gasteiger partial charge is 0.325 e. The minimum atomic E-state index is -0.346. The fourth-order valence-corrected chi connectivity index (χ4v) is 3.70. The van der Waals surface area contributed by atoms with Crippen molar-refractivity contribution in [2.45, 2.75) is 50.8 Å². The second-order valence-electron chi connectivity index (χ2n) is 8.13. The minimum absolute atomic E-state index is 0.0576. The number of hydrogen-bond acceptors (Lipinski definition) is 4. The van der Waals surface area contributed by atoms with Gasteiger partial charge in [0.1, 0.15) is 18.8 Å². The highest BCUT2D eigenvalue weighted by Crippen LogP contribution is 2.41. The van der Waals surface area contributed by atoms with E-state index >= 15 is 0 Å². The number of rotatable bonds is 2. The van der Waals surface area contributed by atoms with Crippen LogP contribution in [0.2, 0.25) is 0 Å². The highest BCUT2D eigenvalue weighted by molar-refractivity contribution is 5.77. The second kappa shape index (κ2) is 6.53. The number of carbonyl (C=O) groups is 1. The molecule has 0 N–H and O–H groups in total. The van der Waals surface area contributed by atoms with Crippen LogP contribution in [0, 0.1) is 0 Å². The molecule has 26 heavy (non-hydrogen) atoms. The van der Waals surface area contributed by atoms with Crippen molar-refractivity contribution in [3.05, 3.63) is 71.3 Å². The Kier molecular flexibility index (Phi) is 4.33. The first-order valence-electron chi connectivity index (χ1n) is 9.20. The Morgan fingerprint density at radius 2 is 1.62 bits per heavy atom. The Labute approximate surface area is 154 Å². The van der Waals surface area contributed by atoms with Gasteiger partial charge in [0, 0.05) is 6.42 Å². The Morgan fingerprint density at radius 1 is 0.923 bits per heavy atom. The van der Waals surface area contributed by atoms with Crippen molar-refractivity contribution in [1.82, 2.24) is 5.06 Å². The monoisotopic (exact) mass is 351 g/mol. The standard InChI is InChI=1S/C22H25NO3/c1-22(2,3)17-11-9-16(10-12-17)20-13-18-21(24)25-14-19(23(18)26-20)15-7-5-4-6-8-15/h4-12,18-20H,13-14H2,1-3H3/t18-,19+,20-/m0/s1. The van der Waals surface area contributed by atoms with Crippen molar-refractivity contribution >= 4 is 5.97 Å². The largest absolute Gasteiger partial charge is 0.462 e. The van der Waals surface area contributed by atoms with Gasteiger partial charge in [0.25, 0.3) is 0 Å². The number of hydroxylamine groups is 2. The van der Waals surface area contributed by atoms with Crippen molar-refractivity contribution < 1.29 is 14.4 Å². The normalized spacial score (nSPS) is 26.4. The molecule has 2 aliphatic heterocycles. The number of morpholine rings is 1. The van der Waals surface area contributed by atoms with Crippen LogP contribution in [0.4, 0.5) is 0 Å². The SMILES string of the molecule is CC(C)(C)c1ccc([C@@H]2C[C@H]3C(=O)OC[C@H](c4ccccc4)N3O2)cc1. The van der Waals surface area contributed by atoms with Crippen LogP contribution in [0.15, 0.2) is 54.6 Å². The van der Waals surface area contributed by atoms with Gasteiger partial charge in [-0.05, 0) is 22.1 Å². The highest BCUT2D eigenvalue weighted by Gasteiger charge is 2.47. The van der Waals surface area contributed by atoms with Crippen molar-refractivity contribution in [3.63, 3.8) is 0 Å². The third kappa shape index (κ3) is 3.15. The van der Waals surface area contributed by atoms with Gasteiger partial charge in [-0.3, -0.25) is 9.63 Å². The van der Waals surface area contributed by atoms with Gasteiger partial charge in [0.15, 0.2) is 0 Å². The number of benzene rings is 2. The van der Waals surface area contributed by atoms with Crippen LogP contribution in [-0.2, 0) is 19.8 Å². The van der Waals surface area contributed by atoms with E-state index in [4.69, 9.17) is 9.57 Å². The van der Waals surface area contributed by atoms with Crippen molar-refractivity contribution in [2.24, 2.45) is 0 Å². The van der Waals surface area contributed by atoms with E-state index in [-0.39, 0.29) is 29.6 Å². The second-order valence-corrected chi connectivity index (χ2v) is 8.13. The average Bonchev–Trinajstić information content (AvgIpc) is 3.08. The highest BCUT2D eigenvalue weighted by atomic mass is 16.7. The number of nitrogens with zero attached hydrogens (tertiary/aromatic N) is 1. The molecule has 0 radical (unpaired) electrons. The predicted molar refractivity (Wildman–Crippen MR) is 99.4 cm³/mol. The van der Waals surface area contributed by atoms with Gasteiger partial charge in [-0.15, -0.1) is 0 Å². The van der Waals surface area contributed by atoms with Crippen LogP contribution in [-0.4, -0.2) is 23.7 Å². The first kappa shape index (κ1) is 17.3.